The molecule has 4 rings (SSSR count). The van der Waals surface area contributed by atoms with E-state index in [9.17, 15) is 4.79 Å². The Labute approximate surface area is 154 Å². The first-order chi connectivity index (χ1) is 12.7. The third-order valence-corrected chi connectivity index (χ3v) is 6.03. The maximum Gasteiger partial charge on any atom is 0.276 e. The molecule has 0 spiro atoms. The number of rotatable bonds is 3. The van der Waals surface area contributed by atoms with Gasteiger partial charge in [-0.05, 0) is 51.8 Å². The summed E-state index contributed by atoms with van der Waals surface area (Å²) < 4.78 is 1.96. The SMILES string of the molecule is Cc1c(C(=O)N2CCC(c3ccccc3)C2C)nnn1C1CCNCC1. The van der Waals surface area contributed by atoms with Crippen LogP contribution in [0.15, 0.2) is 30.3 Å². The van der Waals surface area contributed by atoms with Gasteiger partial charge in [-0.25, -0.2) is 4.68 Å². The van der Waals surface area contributed by atoms with E-state index in [2.05, 4.69) is 46.8 Å². The average Bonchev–Trinajstić information content (AvgIpc) is 3.25. The molecule has 0 aliphatic carbocycles. The fourth-order valence-corrected chi connectivity index (χ4v) is 4.44. The van der Waals surface area contributed by atoms with Crippen LogP contribution in [0.25, 0.3) is 0 Å². The van der Waals surface area contributed by atoms with E-state index in [0.29, 0.717) is 17.7 Å². The number of nitrogens with one attached hydrogen (secondary N) is 1. The van der Waals surface area contributed by atoms with Crippen LogP contribution in [0.3, 0.4) is 0 Å². The first-order valence-corrected chi connectivity index (χ1v) is 9.65. The second-order valence-electron chi connectivity index (χ2n) is 7.49. The molecule has 6 heteroatoms. The van der Waals surface area contributed by atoms with Crippen molar-refractivity contribution < 1.29 is 4.79 Å². The summed E-state index contributed by atoms with van der Waals surface area (Å²) in [7, 11) is 0. The maximum absolute atomic E-state index is 13.1. The van der Waals surface area contributed by atoms with Gasteiger partial charge in [-0.15, -0.1) is 5.10 Å². The van der Waals surface area contributed by atoms with Crippen LogP contribution in [0.2, 0.25) is 0 Å². The standard InChI is InChI=1S/C20H27N5O/c1-14-18(16-6-4-3-5-7-16)10-13-24(14)20(26)19-15(2)25(23-22-19)17-8-11-21-12-9-17/h3-7,14,17-18,21H,8-13H2,1-2H3. The molecule has 1 N–H and O–H groups in total. The smallest absolute Gasteiger partial charge is 0.276 e. The fourth-order valence-electron chi connectivity index (χ4n) is 4.44. The highest BCUT2D eigenvalue weighted by Gasteiger charge is 2.37. The molecule has 1 aromatic heterocycles. The third kappa shape index (κ3) is 3.03. The Kier molecular flexibility index (Phi) is 4.76. The van der Waals surface area contributed by atoms with Gasteiger partial charge in [-0.2, -0.15) is 0 Å². The fraction of sp³-hybridized carbons (Fsp3) is 0.550. The summed E-state index contributed by atoms with van der Waals surface area (Å²) >= 11 is 0. The number of aromatic nitrogens is 3. The van der Waals surface area contributed by atoms with Crippen LogP contribution in [0.1, 0.15) is 59.9 Å². The van der Waals surface area contributed by atoms with E-state index >= 15 is 0 Å². The molecule has 2 atom stereocenters. The van der Waals surface area contributed by atoms with Crippen LogP contribution in [0.5, 0.6) is 0 Å². The van der Waals surface area contributed by atoms with Crippen molar-refractivity contribution in [2.75, 3.05) is 19.6 Å². The second kappa shape index (κ2) is 7.19. The maximum atomic E-state index is 13.1. The van der Waals surface area contributed by atoms with E-state index in [1.54, 1.807) is 0 Å². The van der Waals surface area contributed by atoms with E-state index < -0.39 is 0 Å². The average molecular weight is 353 g/mol. The number of piperidine rings is 1. The molecule has 2 unspecified atom stereocenters. The van der Waals surface area contributed by atoms with E-state index in [4.69, 9.17) is 0 Å². The van der Waals surface area contributed by atoms with Crippen LogP contribution in [-0.4, -0.2) is 51.5 Å². The molecule has 1 amide bonds. The number of likely N-dealkylation sites (tertiary alicyclic amines) is 1. The molecule has 2 aliphatic heterocycles. The minimum absolute atomic E-state index is 0.0219. The molecule has 3 heterocycles. The molecule has 0 radical (unpaired) electrons. The summed E-state index contributed by atoms with van der Waals surface area (Å²) in [6, 6.07) is 11.0. The van der Waals surface area contributed by atoms with Crippen molar-refractivity contribution in [2.45, 2.75) is 51.1 Å². The molecule has 2 aliphatic rings. The third-order valence-electron chi connectivity index (χ3n) is 6.03. The molecular formula is C20H27N5O. The Morgan fingerprint density at radius 1 is 1.15 bits per heavy atom. The molecule has 2 saturated heterocycles. The lowest BCUT2D eigenvalue weighted by Gasteiger charge is -2.25. The van der Waals surface area contributed by atoms with E-state index in [1.165, 1.54) is 5.56 Å². The molecule has 1 aromatic carbocycles. The number of nitrogens with zero attached hydrogens (tertiary/aromatic N) is 4. The summed E-state index contributed by atoms with van der Waals surface area (Å²) in [4.78, 5) is 15.1. The zero-order valence-electron chi connectivity index (χ0n) is 15.6. The van der Waals surface area contributed by atoms with Gasteiger partial charge in [-0.1, -0.05) is 35.5 Å². The second-order valence-corrected chi connectivity index (χ2v) is 7.49. The Bertz CT molecular complexity index is 766. The predicted octanol–water partition coefficient (Wildman–Crippen LogP) is 2.53. The Hall–Kier alpha value is -2.21. The Balaban J connectivity index is 1.52. The summed E-state index contributed by atoms with van der Waals surface area (Å²) in [6.07, 6.45) is 3.07. The quantitative estimate of drug-likeness (QED) is 0.921. The number of hydrogen-bond donors (Lipinski definition) is 1. The van der Waals surface area contributed by atoms with Gasteiger partial charge in [0, 0.05) is 18.5 Å². The van der Waals surface area contributed by atoms with Gasteiger partial charge in [0.05, 0.1) is 11.7 Å². The zero-order chi connectivity index (χ0) is 18.1. The summed E-state index contributed by atoms with van der Waals surface area (Å²) in [5.41, 5.74) is 2.73. The monoisotopic (exact) mass is 353 g/mol. The van der Waals surface area contributed by atoms with Gasteiger partial charge in [0.15, 0.2) is 5.69 Å². The van der Waals surface area contributed by atoms with Crippen molar-refractivity contribution in [3.8, 4) is 0 Å². The van der Waals surface area contributed by atoms with Gasteiger partial charge in [0.2, 0.25) is 0 Å². The molecule has 2 fully saturated rings. The van der Waals surface area contributed by atoms with Crippen LogP contribution in [0.4, 0.5) is 0 Å². The molecule has 6 nitrogen and oxygen atoms in total. The lowest BCUT2D eigenvalue weighted by atomic mass is 9.93. The van der Waals surface area contributed by atoms with Gasteiger partial charge < -0.3 is 10.2 Å². The van der Waals surface area contributed by atoms with E-state index in [0.717, 1.165) is 44.6 Å². The van der Waals surface area contributed by atoms with Crippen molar-refractivity contribution in [3.63, 3.8) is 0 Å². The summed E-state index contributed by atoms with van der Waals surface area (Å²) in [5.74, 6) is 0.411. The van der Waals surface area contributed by atoms with Crippen molar-refractivity contribution in [2.24, 2.45) is 0 Å². The van der Waals surface area contributed by atoms with Crippen molar-refractivity contribution in [1.29, 1.82) is 0 Å². The molecule has 0 bridgehead atoms. The molecule has 138 valence electrons. The highest BCUT2D eigenvalue weighted by atomic mass is 16.2. The summed E-state index contributed by atoms with van der Waals surface area (Å²) in [6.45, 7) is 6.89. The van der Waals surface area contributed by atoms with Crippen molar-refractivity contribution in [1.82, 2.24) is 25.2 Å². The highest BCUT2D eigenvalue weighted by Crippen LogP contribution is 2.34. The topological polar surface area (TPSA) is 63.1 Å². The van der Waals surface area contributed by atoms with Crippen LogP contribution >= 0.6 is 0 Å². The van der Waals surface area contributed by atoms with Crippen molar-refractivity contribution in [3.05, 3.63) is 47.3 Å². The van der Waals surface area contributed by atoms with Gasteiger partial charge in [0.1, 0.15) is 0 Å². The molecule has 26 heavy (non-hydrogen) atoms. The molecule has 2 aromatic rings. The minimum atomic E-state index is 0.0219. The minimum Gasteiger partial charge on any atom is -0.334 e. The largest absolute Gasteiger partial charge is 0.334 e. The zero-order valence-corrected chi connectivity index (χ0v) is 15.6. The van der Waals surface area contributed by atoms with Crippen molar-refractivity contribution >= 4 is 5.91 Å². The first-order valence-electron chi connectivity index (χ1n) is 9.65. The van der Waals surface area contributed by atoms with Gasteiger partial charge >= 0.3 is 0 Å². The normalized spacial score (nSPS) is 24.2. The van der Waals surface area contributed by atoms with Crippen LogP contribution < -0.4 is 5.32 Å². The number of carbonyl (C=O) groups is 1. The van der Waals surface area contributed by atoms with E-state index in [1.807, 2.05) is 22.6 Å². The first kappa shape index (κ1) is 17.2. The van der Waals surface area contributed by atoms with Gasteiger partial charge in [-0.3, -0.25) is 4.79 Å². The van der Waals surface area contributed by atoms with Crippen LogP contribution in [0, 0.1) is 6.92 Å². The Morgan fingerprint density at radius 2 is 1.88 bits per heavy atom. The number of carbonyl (C=O) groups excluding carboxylic acids is 1. The number of benzene rings is 1. The van der Waals surface area contributed by atoms with Gasteiger partial charge in [0.25, 0.3) is 5.91 Å². The predicted molar refractivity (Wildman–Crippen MR) is 100 cm³/mol. The lowest BCUT2D eigenvalue weighted by Crippen LogP contribution is -2.36. The van der Waals surface area contributed by atoms with Crippen LogP contribution in [-0.2, 0) is 0 Å². The lowest BCUT2D eigenvalue weighted by molar-refractivity contribution is 0.0735. The number of amides is 1. The number of hydrogen-bond acceptors (Lipinski definition) is 4. The highest BCUT2D eigenvalue weighted by molar-refractivity contribution is 5.93. The molecular weight excluding hydrogens is 326 g/mol. The molecule has 0 saturated carbocycles. The summed E-state index contributed by atoms with van der Waals surface area (Å²) in [5, 5.41) is 12.0. The van der Waals surface area contributed by atoms with E-state index in [-0.39, 0.29) is 11.9 Å². The Morgan fingerprint density at radius 3 is 2.62 bits per heavy atom.